The number of aliphatic hydroxyl groups excluding tert-OH is 2. The van der Waals surface area contributed by atoms with Gasteiger partial charge in [0.05, 0.1) is 0 Å². The number of aromatic nitrogens is 1. The zero-order chi connectivity index (χ0) is 22.0. The minimum atomic E-state index is -1.26. The molecule has 0 saturated carbocycles. The molecule has 0 aliphatic heterocycles. The number of nitrogens with one attached hydrogen (secondary N) is 2. The molecule has 160 valence electrons. The Morgan fingerprint density at radius 2 is 1.65 bits per heavy atom. The molecule has 0 spiro atoms. The summed E-state index contributed by atoms with van der Waals surface area (Å²) in [5, 5.41) is 23.1. The first-order chi connectivity index (χ1) is 15.0. The summed E-state index contributed by atoms with van der Waals surface area (Å²) < 4.78 is 5.42. The number of rotatable bonds is 6. The number of benzene rings is 2. The summed E-state index contributed by atoms with van der Waals surface area (Å²) in [6.07, 6.45) is -3.19. The summed E-state index contributed by atoms with van der Waals surface area (Å²) in [7, 11) is 0. The highest BCUT2D eigenvalue weighted by Gasteiger charge is 2.29. The van der Waals surface area contributed by atoms with E-state index < -0.39 is 18.3 Å². The maximum absolute atomic E-state index is 12.2. The zero-order valence-electron chi connectivity index (χ0n) is 17.0. The quantitative estimate of drug-likeness (QED) is 0.490. The fourth-order valence-corrected chi connectivity index (χ4v) is 4.07. The van der Waals surface area contributed by atoms with Crippen molar-refractivity contribution in [2.24, 2.45) is 0 Å². The van der Waals surface area contributed by atoms with E-state index in [0.717, 1.165) is 22.3 Å². The number of amides is 1. The molecule has 0 radical (unpaired) electrons. The number of aliphatic hydroxyl groups is 2. The summed E-state index contributed by atoms with van der Waals surface area (Å²) in [6.45, 7) is 1.60. The minimum absolute atomic E-state index is 0.0579. The number of hydrogen-bond acceptors (Lipinski definition) is 5. The van der Waals surface area contributed by atoms with Crippen molar-refractivity contribution in [1.82, 2.24) is 10.3 Å². The van der Waals surface area contributed by atoms with Crippen molar-refractivity contribution in [2.45, 2.75) is 25.0 Å². The van der Waals surface area contributed by atoms with Crippen LogP contribution in [0.1, 0.15) is 34.4 Å². The van der Waals surface area contributed by atoms with Gasteiger partial charge in [0.25, 0.3) is 0 Å². The van der Waals surface area contributed by atoms with Crippen molar-refractivity contribution in [3.05, 3.63) is 93.4 Å². The van der Waals surface area contributed by atoms with Crippen LogP contribution in [0.15, 0.2) is 65.5 Å². The van der Waals surface area contributed by atoms with Gasteiger partial charge < -0.3 is 25.3 Å². The molecule has 7 heteroatoms. The van der Waals surface area contributed by atoms with E-state index in [1.807, 2.05) is 36.4 Å². The van der Waals surface area contributed by atoms with Crippen molar-refractivity contribution >= 4 is 6.09 Å². The minimum Gasteiger partial charge on any atom is -0.449 e. The molecule has 4 N–H and O–H groups in total. The highest BCUT2D eigenvalue weighted by Crippen LogP contribution is 2.44. The summed E-state index contributed by atoms with van der Waals surface area (Å²) in [5.41, 5.74) is 5.06. The van der Waals surface area contributed by atoms with E-state index in [9.17, 15) is 19.8 Å². The lowest BCUT2D eigenvalue weighted by atomic mass is 9.98. The SMILES string of the molecule is Cc1[nH]c(=O)ccc1C(O)C(O)CNC(=O)OCC1c2ccccc2-c2ccccc21. The highest BCUT2D eigenvalue weighted by atomic mass is 16.5. The van der Waals surface area contributed by atoms with E-state index in [1.54, 1.807) is 6.92 Å². The van der Waals surface area contributed by atoms with Crippen molar-refractivity contribution in [3.8, 4) is 11.1 Å². The van der Waals surface area contributed by atoms with Gasteiger partial charge in [-0.25, -0.2) is 4.79 Å². The lowest BCUT2D eigenvalue weighted by molar-refractivity contribution is 0.0179. The number of ether oxygens (including phenoxy) is 1. The normalized spacial score (nSPS) is 14.4. The van der Waals surface area contributed by atoms with Crippen LogP contribution in [0.5, 0.6) is 0 Å². The Hall–Kier alpha value is -3.42. The molecule has 31 heavy (non-hydrogen) atoms. The largest absolute Gasteiger partial charge is 0.449 e. The third-order valence-electron chi connectivity index (χ3n) is 5.64. The van der Waals surface area contributed by atoms with Gasteiger partial charge in [0.1, 0.15) is 18.8 Å². The topological polar surface area (TPSA) is 112 Å². The molecule has 1 aromatic heterocycles. The van der Waals surface area contributed by atoms with Crippen LogP contribution in [-0.2, 0) is 4.74 Å². The Morgan fingerprint density at radius 1 is 1.03 bits per heavy atom. The van der Waals surface area contributed by atoms with E-state index in [-0.39, 0.29) is 24.6 Å². The van der Waals surface area contributed by atoms with Crippen molar-refractivity contribution in [3.63, 3.8) is 0 Å². The van der Waals surface area contributed by atoms with Crippen LogP contribution in [0.25, 0.3) is 11.1 Å². The van der Waals surface area contributed by atoms with Gasteiger partial charge in [-0.05, 0) is 35.2 Å². The molecule has 1 amide bonds. The van der Waals surface area contributed by atoms with Gasteiger partial charge in [-0.1, -0.05) is 48.5 Å². The Balaban J connectivity index is 1.35. The Kier molecular flexibility index (Phi) is 5.88. The van der Waals surface area contributed by atoms with E-state index in [2.05, 4.69) is 22.4 Å². The fraction of sp³-hybridized carbons (Fsp3) is 0.250. The number of aryl methyl sites for hydroxylation is 1. The van der Waals surface area contributed by atoms with Crippen LogP contribution >= 0.6 is 0 Å². The van der Waals surface area contributed by atoms with Crippen LogP contribution < -0.4 is 10.9 Å². The number of fused-ring (bicyclic) bond motifs is 3. The van der Waals surface area contributed by atoms with E-state index in [1.165, 1.54) is 12.1 Å². The average Bonchev–Trinajstić information content (AvgIpc) is 3.09. The fourth-order valence-electron chi connectivity index (χ4n) is 4.07. The number of H-pyrrole nitrogens is 1. The Bertz CT molecular complexity index is 1110. The molecule has 1 heterocycles. The van der Waals surface area contributed by atoms with Crippen molar-refractivity contribution in [1.29, 1.82) is 0 Å². The maximum atomic E-state index is 12.2. The summed E-state index contributed by atoms with van der Waals surface area (Å²) >= 11 is 0. The molecular weight excluding hydrogens is 396 g/mol. The molecule has 7 nitrogen and oxygen atoms in total. The van der Waals surface area contributed by atoms with Gasteiger partial charge >= 0.3 is 6.09 Å². The molecule has 0 bridgehead atoms. The number of aromatic amines is 1. The van der Waals surface area contributed by atoms with E-state index in [4.69, 9.17) is 4.74 Å². The second-order valence-corrected chi connectivity index (χ2v) is 7.62. The predicted molar refractivity (Wildman–Crippen MR) is 116 cm³/mol. The number of pyridine rings is 1. The first-order valence-corrected chi connectivity index (χ1v) is 10.1. The molecule has 1 aliphatic carbocycles. The molecule has 1 aliphatic rings. The maximum Gasteiger partial charge on any atom is 0.407 e. The van der Waals surface area contributed by atoms with Gasteiger partial charge in [0, 0.05) is 29.8 Å². The molecule has 0 fully saturated rings. The first-order valence-electron chi connectivity index (χ1n) is 10.1. The van der Waals surface area contributed by atoms with E-state index >= 15 is 0 Å². The highest BCUT2D eigenvalue weighted by molar-refractivity contribution is 5.79. The number of carbonyl (C=O) groups is 1. The predicted octanol–water partition coefficient (Wildman–Crippen LogP) is 2.62. The monoisotopic (exact) mass is 420 g/mol. The van der Waals surface area contributed by atoms with Gasteiger partial charge in [-0.2, -0.15) is 0 Å². The van der Waals surface area contributed by atoms with Gasteiger partial charge in [-0.3, -0.25) is 4.79 Å². The molecule has 2 unspecified atom stereocenters. The zero-order valence-corrected chi connectivity index (χ0v) is 17.0. The van der Waals surface area contributed by atoms with Gasteiger partial charge in [-0.15, -0.1) is 0 Å². The average molecular weight is 420 g/mol. The lowest BCUT2D eigenvalue weighted by Crippen LogP contribution is -2.36. The number of hydrogen-bond donors (Lipinski definition) is 4. The summed E-state index contributed by atoms with van der Waals surface area (Å²) in [5.74, 6) is -0.0579. The van der Waals surface area contributed by atoms with Gasteiger partial charge in [0.2, 0.25) is 5.56 Å². The van der Waals surface area contributed by atoms with Crippen LogP contribution in [0.3, 0.4) is 0 Å². The second kappa shape index (κ2) is 8.75. The summed E-state index contributed by atoms with van der Waals surface area (Å²) in [4.78, 5) is 26.1. The molecule has 4 rings (SSSR count). The van der Waals surface area contributed by atoms with Crippen molar-refractivity contribution < 1.29 is 19.7 Å². The van der Waals surface area contributed by atoms with Crippen LogP contribution in [0.4, 0.5) is 4.79 Å². The lowest BCUT2D eigenvalue weighted by Gasteiger charge is -2.20. The first kappa shape index (κ1) is 20.8. The van der Waals surface area contributed by atoms with Crippen LogP contribution in [0, 0.1) is 6.92 Å². The summed E-state index contributed by atoms with van der Waals surface area (Å²) in [6, 6.07) is 18.8. The van der Waals surface area contributed by atoms with Gasteiger partial charge in [0.15, 0.2) is 0 Å². The third kappa shape index (κ3) is 4.23. The molecular formula is C24H24N2O5. The third-order valence-corrected chi connectivity index (χ3v) is 5.64. The standard InChI is InChI=1S/C24H24N2O5/c1-14-15(10-11-22(28)26-14)23(29)21(27)12-25-24(30)31-13-20-18-8-4-2-6-16(18)17-7-3-5-9-19(17)20/h2-11,20-21,23,27,29H,12-13H2,1H3,(H,25,30)(H,26,28). The smallest absolute Gasteiger partial charge is 0.407 e. The van der Waals surface area contributed by atoms with Crippen molar-refractivity contribution in [2.75, 3.05) is 13.2 Å². The number of alkyl carbamates (subject to hydrolysis) is 1. The van der Waals surface area contributed by atoms with E-state index in [0.29, 0.717) is 11.3 Å². The molecule has 3 aromatic rings. The molecule has 2 atom stereocenters. The second-order valence-electron chi connectivity index (χ2n) is 7.62. The molecule has 0 saturated heterocycles. The molecule has 2 aromatic carbocycles. The van der Waals surface area contributed by atoms with Crippen LogP contribution in [0.2, 0.25) is 0 Å². The van der Waals surface area contributed by atoms with Crippen LogP contribution in [-0.4, -0.2) is 40.5 Å². The Morgan fingerprint density at radius 3 is 2.26 bits per heavy atom. The Labute approximate surface area is 179 Å². The number of carbonyl (C=O) groups excluding carboxylic acids is 1.